The molecule has 0 aliphatic carbocycles. The minimum Gasteiger partial charge on any atom is -0.395 e. The summed E-state index contributed by atoms with van der Waals surface area (Å²) < 4.78 is 0. The fourth-order valence-corrected chi connectivity index (χ4v) is 2.86. The highest BCUT2D eigenvalue weighted by Gasteiger charge is 2.22. The minimum atomic E-state index is 0.156. The Balaban J connectivity index is 1.87. The van der Waals surface area contributed by atoms with Crippen LogP contribution in [0.1, 0.15) is 19.8 Å². The summed E-state index contributed by atoms with van der Waals surface area (Å²) in [5.41, 5.74) is 1.03. The van der Waals surface area contributed by atoms with Crippen LogP contribution in [0, 0.1) is 5.92 Å². The molecule has 2 rings (SSSR count). The smallest absolute Gasteiger partial charge is 0.126 e. The average Bonchev–Trinajstić information content (AvgIpc) is 2.49. The highest BCUT2D eigenvalue weighted by molar-refractivity contribution is 5.49. The van der Waals surface area contributed by atoms with E-state index >= 15 is 0 Å². The van der Waals surface area contributed by atoms with Crippen molar-refractivity contribution in [3.63, 3.8) is 0 Å². The predicted molar refractivity (Wildman–Crippen MR) is 87.9 cm³/mol. The van der Waals surface area contributed by atoms with Crippen LogP contribution in [0.2, 0.25) is 0 Å². The van der Waals surface area contributed by atoms with E-state index < -0.39 is 0 Å². The van der Waals surface area contributed by atoms with Crippen molar-refractivity contribution < 1.29 is 5.11 Å². The Morgan fingerprint density at radius 1 is 1.43 bits per heavy atom. The summed E-state index contributed by atoms with van der Waals surface area (Å²) in [5.74, 6) is 1.65. The summed E-state index contributed by atoms with van der Waals surface area (Å²) in [6.07, 6.45) is 4.36. The van der Waals surface area contributed by atoms with Crippen molar-refractivity contribution in [1.29, 1.82) is 0 Å². The number of aromatic nitrogens is 1. The van der Waals surface area contributed by atoms with E-state index in [1.54, 1.807) is 0 Å². The molecule has 0 aromatic carbocycles. The lowest BCUT2D eigenvalue weighted by Gasteiger charge is -2.33. The van der Waals surface area contributed by atoms with E-state index in [-0.39, 0.29) is 6.61 Å². The fraction of sp³-hybridized carbons (Fsp3) is 0.688. The molecule has 1 saturated heterocycles. The molecule has 0 radical (unpaired) electrons. The van der Waals surface area contributed by atoms with Crippen LogP contribution < -0.4 is 10.2 Å². The van der Waals surface area contributed by atoms with E-state index in [2.05, 4.69) is 29.2 Å². The molecule has 5 heteroatoms. The summed E-state index contributed by atoms with van der Waals surface area (Å²) >= 11 is 0. The number of aliphatic hydroxyl groups excluding tert-OH is 1. The van der Waals surface area contributed by atoms with Crippen molar-refractivity contribution in [3.05, 3.63) is 18.3 Å². The Morgan fingerprint density at radius 2 is 2.14 bits per heavy atom. The molecular weight excluding hydrogens is 264 g/mol. The minimum absolute atomic E-state index is 0.156. The molecule has 1 aromatic heterocycles. The Labute approximate surface area is 128 Å². The van der Waals surface area contributed by atoms with Crippen molar-refractivity contribution in [2.75, 3.05) is 50.6 Å². The van der Waals surface area contributed by atoms with Gasteiger partial charge in [0.15, 0.2) is 0 Å². The third-order valence-electron chi connectivity index (χ3n) is 4.47. The number of aliphatic hydroxyl groups is 1. The van der Waals surface area contributed by atoms with E-state index in [1.807, 2.05) is 30.3 Å². The van der Waals surface area contributed by atoms with Crippen LogP contribution in [0.15, 0.2) is 18.3 Å². The van der Waals surface area contributed by atoms with Crippen LogP contribution in [0.5, 0.6) is 0 Å². The highest BCUT2D eigenvalue weighted by Crippen LogP contribution is 2.22. The van der Waals surface area contributed by atoms with E-state index in [9.17, 15) is 0 Å². The number of hydrogen-bond acceptors (Lipinski definition) is 5. The Kier molecular flexibility index (Phi) is 5.82. The van der Waals surface area contributed by atoms with Gasteiger partial charge in [0.2, 0.25) is 0 Å². The second kappa shape index (κ2) is 7.61. The number of hydrogen-bond donors (Lipinski definition) is 2. The molecule has 21 heavy (non-hydrogen) atoms. The molecule has 1 aromatic rings. The van der Waals surface area contributed by atoms with Gasteiger partial charge >= 0.3 is 0 Å². The fourth-order valence-electron chi connectivity index (χ4n) is 2.86. The maximum absolute atomic E-state index is 8.96. The first-order valence-electron chi connectivity index (χ1n) is 7.83. The van der Waals surface area contributed by atoms with Gasteiger partial charge in [-0.15, -0.1) is 0 Å². The lowest BCUT2D eigenvalue weighted by Crippen LogP contribution is -2.37. The number of likely N-dealkylation sites (N-methyl/N-ethyl adjacent to an activating group) is 1. The van der Waals surface area contributed by atoms with Crippen LogP contribution in [0.3, 0.4) is 0 Å². The SMILES string of the molecule is CC(Nc1ccc(N(C)CCO)cn1)C1CCN(C)CC1. The van der Waals surface area contributed by atoms with Crippen molar-refractivity contribution in [3.8, 4) is 0 Å². The molecule has 1 aliphatic heterocycles. The second-order valence-electron chi connectivity index (χ2n) is 6.12. The quantitative estimate of drug-likeness (QED) is 0.835. The van der Waals surface area contributed by atoms with Crippen LogP contribution in [-0.4, -0.2) is 61.4 Å². The molecule has 1 aliphatic rings. The number of anilines is 2. The first kappa shape index (κ1) is 16.0. The average molecular weight is 292 g/mol. The Bertz CT molecular complexity index is 415. The largest absolute Gasteiger partial charge is 0.395 e. The maximum Gasteiger partial charge on any atom is 0.126 e. The van der Waals surface area contributed by atoms with Gasteiger partial charge in [0.1, 0.15) is 5.82 Å². The Morgan fingerprint density at radius 3 is 2.71 bits per heavy atom. The molecule has 1 fully saturated rings. The zero-order valence-electron chi connectivity index (χ0n) is 13.4. The predicted octanol–water partition coefficient (Wildman–Crippen LogP) is 1.65. The van der Waals surface area contributed by atoms with Gasteiger partial charge in [0.25, 0.3) is 0 Å². The summed E-state index contributed by atoms with van der Waals surface area (Å²) in [7, 11) is 4.15. The number of likely N-dealkylation sites (tertiary alicyclic amines) is 1. The van der Waals surface area contributed by atoms with Gasteiger partial charge in [0.05, 0.1) is 18.5 Å². The topological polar surface area (TPSA) is 51.6 Å². The van der Waals surface area contributed by atoms with E-state index in [0.717, 1.165) is 17.4 Å². The van der Waals surface area contributed by atoms with Crippen molar-refractivity contribution in [1.82, 2.24) is 9.88 Å². The Hall–Kier alpha value is -1.33. The normalized spacial score (nSPS) is 18.5. The molecule has 1 unspecified atom stereocenters. The standard InChI is InChI=1S/C16H28N4O/c1-13(14-6-8-19(2)9-7-14)18-16-5-4-15(12-17-16)20(3)10-11-21/h4-5,12-14,21H,6-11H2,1-3H3,(H,17,18). The van der Waals surface area contributed by atoms with Crippen LogP contribution in [0.25, 0.3) is 0 Å². The molecule has 0 spiro atoms. The summed E-state index contributed by atoms with van der Waals surface area (Å²) in [6, 6.07) is 4.52. The third kappa shape index (κ3) is 4.58. The first-order chi connectivity index (χ1) is 10.1. The molecular formula is C16H28N4O. The van der Waals surface area contributed by atoms with Gasteiger partial charge < -0.3 is 20.2 Å². The van der Waals surface area contributed by atoms with Gasteiger partial charge in [-0.1, -0.05) is 0 Å². The summed E-state index contributed by atoms with van der Waals surface area (Å²) in [6.45, 7) is 5.41. The number of pyridine rings is 1. The van der Waals surface area contributed by atoms with Crippen molar-refractivity contribution >= 4 is 11.5 Å². The molecule has 0 saturated carbocycles. The van der Waals surface area contributed by atoms with Gasteiger partial charge in [-0.05, 0) is 58.0 Å². The second-order valence-corrected chi connectivity index (χ2v) is 6.12. The molecule has 1 atom stereocenters. The van der Waals surface area contributed by atoms with Crippen LogP contribution in [0.4, 0.5) is 11.5 Å². The lowest BCUT2D eigenvalue weighted by molar-refractivity contribution is 0.208. The molecule has 2 heterocycles. The molecule has 0 amide bonds. The van der Waals surface area contributed by atoms with E-state index in [0.29, 0.717) is 12.6 Å². The highest BCUT2D eigenvalue weighted by atomic mass is 16.3. The van der Waals surface area contributed by atoms with E-state index in [4.69, 9.17) is 5.11 Å². The van der Waals surface area contributed by atoms with Crippen molar-refractivity contribution in [2.24, 2.45) is 5.92 Å². The van der Waals surface area contributed by atoms with Gasteiger partial charge in [-0.3, -0.25) is 0 Å². The maximum atomic E-state index is 8.96. The summed E-state index contributed by atoms with van der Waals surface area (Å²) in [4.78, 5) is 8.88. The van der Waals surface area contributed by atoms with Gasteiger partial charge in [-0.2, -0.15) is 0 Å². The number of piperidine rings is 1. The van der Waals surface area contributed by atoms with E-state index in [1.165, 1.54) is 25.9 Å². The zero-order valence-corrected chi connectivity index (χ0v) is 13.4. The van der Waals surface area contributed by atoms with Gasteiger partial charge in [-0.25, -0.2) is 4.98 Å². The first-order valence-corrected chi connectivity index (χ1v) is 7.83. The van der Waals surface area contributed by atoms with Crippen LogP contribution >= 0.6 is 0 Å². The zero-order chi connectivity index (χ0) is 15.2. The molecule has 5 nitrogen and oxygen atoms in total. The summed E-state index contributed by atoms with van der Waals surface area (Å²) in [5, 5.41) is 12.5. The molecule has 2 N–H and O–H groups in total. The molecule has 118 valence electrons. The van der Waals surface area contributed by atoms with Crippen LogP contribution in [-0.2, 0) is 0 Å². The monoisotopic (exact) mass is 292 g/mol. The number of nitrogens with zero attached hydrogens (tertiary/aromatic N) is 3. The lowest BCUT2D eigenvalue weighted by atomic mass is 9.90. The number of rotatable bonds is 6. The number of nitrogens with one attached hydrogen (secondary N) is 1. The van der Waals surface area contributed by atoms with Gasteiger partial charge in [0, 0.05) is 19.6 Å². The third-order valence-corrected chi connectivity index (χ3v) is 4.47. The molecule has 0 bridgehead atoms. The van der Waals surface area contributed by atoms with Crippen molar-refractivity contribution in [2.45, 2.75) is 25.8 Å².